The number of carbonyl (C=O) groups is 2. The van der Waals surface area contributed by atoms with Gasteiger partial charge in [0.15, 0.2) is 5.96 Å². The molecule has 0 saturated heterocycles. The second kappa shape index (κ2) is 11.1. The summed E-state index contributed by atoms with van der Waals surface area (Å²) in [4.78, 5) is 31.2. The standard InChI is InChI=1S/C30H32F2N4O2/c1-19-10-20(2)12-23(11-19)8-9-27(37)34-17-21-4-6-22(7-5-21)18-36-28(38)30(3,35-29(36)33)16-24-13-25(31)15-26(32)14-24/h4-7,10-15H,8-9,16-18H2,1-3H3,(H2,33,35)(H,34,37)/t30-/m1/s1. The number of hydrogen-bond donors (Lipinski definition) is 2. The highest BCUT2D eigenvalue weighted by Gasteiger charge is 2.44. The Balaban J connectivity index is 1.30. The zero-order chi connectivity index (χ0) is 27.4. The molecule has 198 valence electrons. The number of aryl methyl sites for hydroxylation is 3. The van der Waals surface area contributed by atoms with E-state index in [0.29, 0.717) is 24.9 Å². The molecule has 1 aliphatic rings. The number of nitrogens with two attached hydrogens (primary N) is 1. The van der Waals surface area contributed by atoms with Crippen molar-refractivity contribution in [1.29, 1.82) is 0 Å². The van der Waals surface area contributed by atoms with Crippen LogP contribution in [0.25, 0.3) is 0 Å². The lowest BCUT2D eigenvalue weighted by atomic mass is 9.92. The van der Waals surface area contributed by atoms with Gasteiger partial charge < -0.3 is 11.1 Å². The number of guanidine groups is 1. The SMILES string of the molecule is Cc1cc(C)cc(CCC(=O)NCc2ccc(CN3C(=O)[C@@](C)(Cc4cc(F)cc(F)c4)N=C3N)cc2)c1. The highest BCUT2D eigenvalue weighted by Crippen LogP contribution is 2.28. The van der Waals surface area contributed by atoms with Crippen LogP contribution in [-0.4, -0.2) is 28.2 Å². The van der Waals surface area contributed by atoms with Crippen LogP contribution in [-0.2, 0) is 35.5 Å². The van der Waals surface area contributed by atoms with Crippen LogP contribution in [0.1, 0.15) is 46.7 Å². The Morgan fingerprint density at radius 2 is 1.53 bits per heavy atom. The molecule has 0 aliphatic carbocycles. The van der Waals surface area contributed by atoms with E-state index in [2.05, 4.69) is 42.4 Å². The number of benzene rings is 3. The molecule has 3 N–H and O–H groups in total. The van der Waals surface area contributed by atoms with Crippen LogP contribution in [0.2, 0.25) is 0 Å². The zero-order valence-corrected chi connectivity index (χ0v) is 21.9. The first-order valence-corrected chi connectivity index (χ1v) is 12.5. The number of nitrogens with zero attached hydrogens (tertiary/aromatic N) is 2. The average molecular weight is 519 g/mol. The third-order valence-corrected chi connectivity index (χ3v) is 6.59. The van der Waals surface area contributed by atoms with Crippen LogP contribution in [0.5, 0.6) is 0 Å². The molecule has 0 spiro atoms. The quantitative estimate of drug-likeness (QED) is 0.438. The molecule has 3 aromatic carbocycles. The number of amides is 2. The third-order valence-electron chi connectivity index (χ3n) is 6.59. The van der Waals surface area contributed by atoms with Gasteiger partial charge in [-0.2, -0.15) is 0 Å². The lowest BCUT2D eigenvalue weighted by Gasteiger charge is -2.22. The van der Waals surface area contributed by atoms with Crippen molar-refractivity contribution in [3.63, 3.8) is 0 Å². The van der Waals surface area contributed by atoms with Gasteiger partial charge in [-0.3, -0.25) is 14.5 Å². The van der Waals surface area contributed by atoms with Gasteiger partial charge in [0.05, 0.1) is 6.54 Å². The van der Waals surface area contributed by atoms with E-state index in [4.69, 9.17) is 5.73 Å². The fourth-order valence-electron chi connectivity index (χ4n) is 4.84. The Bertz CT molecular complexity index is 1350. The Kier molecular flexibility index (Phi) is 7.90. The minimum atomic E-state index is -1.24. The maximum absolute atomic E-state index is 13.6. The molecule has 0 unspecified atom stereocenters. The molecular weight excluding hydrogens is 486 g/mol. The molecule has 6 nitrogen and oxygen atoms in total. The van der Waals surface area contributed by atoms with Crippen molar-refractivity contribution in [2.24, 2.45) is 10.7 Å². The van der Waals surface area contributed by atoms with Gasteiger partial charge in [-0.1, -0.05) is 53.6 Å². The van der Waals surface area contributed by atoms with E-state index in [-0.39, 0.29) is 30.7 Å². The number of halogens is 2. The van der Waals surface area contributed by atoms with Crippen LogP contribution >= 0.6 is 0 Å². The van der Waals surface area contributed by atoms with E-state index >= 15 is 0 Å². The molecule has 1 heterocycles. The molecule has 0 fully saturated rings. The van der Waals surface area contributed by atoms with Gasteiger partial charge in [-0.05, 0) is 61.6 Å². The van der Waals surface area contributed by atoms with Gasteiger partial charge in [0.25, 0.3) is 5.91 Å². The average Bonchev–Trinajstić information content (AvgIpc) is 3.03. The van der Waals surface area contributed by atoms with Gasteiger partial charge in [-0.25, -0.2) is 13.8 Å². The van der Waals surface area contributed by atoms with Gasteiger partial charge in [0.2, 0.25) is 5.91 Å². The summed E-state index contributed by atoms with van der Waals surface area (Å²) < 4.78 is 27.2. The molecule has 0 radical (unpaired) electrons. The fraction of sp³-hybridized carbons (Fsp3) is 0.300. The van der Waals surface area contributed by atoms with Gasteiger partial charge in [0, 0.05) is 25.5 Å². The number of hydrogen-bond acceptors (Lipinski definition) is 4. The maximum atomic E-state index is 13.6. The minimum absolute atomic E-state index is 0.0163. The zero-order valence-electron chi connectivity index (χ0n) is 21.9. The van der Waals surface area contributed by atoms with E-state index in [9.17, 15) is 18.4 Å². The molecule has 38 heavy (non-hydrogen) atoms. The number of nitrogens with one attached hydrogen (secondary N) is 1. The smallest absolute Gasteiger partial charge is 0.257 e. The molecular formula is C30H32F2N4O2. The molecule has 3 aromatic rings. The molecule has 0 aromatic heterocycles. The number of rotatable bonds is 9. The van der Waals surface area contributed by atoms with Crippen molar-refractivity contribution in [2.75, 3.05) is 0 Å². The maximum Gasteiger partial charge on any atom is 0.257 e. The van der Waals surface area contributed by atoms with Crippen molar-refractivity contribution in [1.82, 2.24) is 10.2 Å². The van der Waals surface area contributed by atoms with Crippen LogP contribution in [0.15, 0.2) is 65.7 Å². The first-order valence-electron chi connectivity index (χ1n) is 12.5. The summed E-state index contributed by atoms with van der Waals surface area (Å²) >= 11 is 0. The Labute approximate surface area is 221 Å². The topological polar surface area (TPSA) is 87.8 Å². The van der Waals surface area contributed by atoms with Crippen LogP contribution in [0, 0.1) is 25.5 Å². The van der Waals surface area contributed by atoms with Crippen molar-refractivity contribution < 1.29 is 18.4 Å². The lowest BCUT2D eigenvalue weighted by Crippen LogP contribution is -2.43. The highest BCUT2D eigenvalue weighted by atomic mass is 19.1. The first kappa shape index (κ1) is 27.0. The Morgan fingerprint density at radius 1 is 0.921 bits per heavy atom. The largest absolute Gasteiger partial charge is 0.369 e. The summed E-state index contributed by atoms with van der Waals surface area (Å²) in [6, 6.07) is 17.0. The van der Waals surface area contributed by atoms with E-state index in [1.54, 1.807) is 6.92 Å². The van der Waals surface area contributed by atoms with Crippen molar-refractivity contribution in [3.8, 4) is 0 Å². The molecule has 1 atom stereocenters. The summed E-state index contributed by atoms with van der Waals surface area (Å²) in [6.07, 6.45) is 1.13. The lowest BCUT2D eigenvalue weighted by molar-refractivity contribution is -0.131. The monoisotopic (exact) mass is 518 g/mol. The van der Waals surface area contributed by atoms with E-state index < -0.39 is 17.2 Å². The normalized spacial score (nSPS) is 17.0. The van der Waals surface area contributed by atoms with Crippen LogP contribution in [0.3, 0.4) is 0 Å². The number of carbonyl (C=O) groups excluding carboxylic acids is 2. The summed E-state index contributed by atoms with van der Waals surface area (Å²) in [5.41, 5.74) is 10.5. The summed E-state index contributed by atoms with van der Waals surface area (Å²) in [5, 5.41) is 2.95. The Morgan fingerprint density at radius 3 is 2.16 bits per heavy atom. The molecule has 2 amide bonds. The number of aliphatic imine (C=N–C) groups is 1. The van der Waals surface area contributed by atoms with E-state index in [0.717, 1.165) is 22.8 Å². The summed E-state index contributed by atoms with van der Waals surface area (Å²) in [5.74, 6) is -1.70. The minimum Gasteiger partial charge on any atom is -0.369 e. The third kappa shape index (κ3) is 6.62. The molecule has 1 aliphatic heterocycles. The molecule has 0 saturated carbocycles. The molecule has 0 bridgehead atoms. The second-order valence-electron chi connectivity index (χ2n) is 10.2. The Hall–Kier alpha value is -4.07. The first-order chi connectivity index (χ1) is 18.0. The summed E-state index contributed by atoms with van der Waals surface area (Å²) in [6.45, 7) is 6.32. The predicted molar refractivity (Wildman–Crippen MR) is 143 cm³/mol. The predicted octanol–water partition coefficient (Wildman–Crippen LogP) is 4.49. The van der Waals surface area contributed by atoms with Crippen LogP contribution < -0.4 is 11.1 Å². The fourth-order valence-corrected chi connectivity index (χ4v) is 4.84. The van der Waals surface area contributed by atoms with E-state index in [1.807, 2.05) is 24.3 Å². The van der Waals surface area contributed by atoms with Gasteiger partial charge >= 0.3 is 0 Å². The molecule has 4 rings (SSSR count). The second-order valence-corrected chi connectivity index (χ2v) is 10.2. The van der Waals surface area contributed by atoms with Crippen molar-refractivity contribution in [2.45, 2.75) is 58.7 Å². The van der Waals surface area contributed by atoms with Crippen molar-refractivity contribution >= 4 is 17.8 Å². The van der Waals surface area contributed by atoms with Crippen molar-refractivity contribution in [3.05, 3.63) is 106 Å². The van der Waals surface area contributed by atoms with Crippen LogP contribution in [0.4, 0.5) is 8.78 Å². The molecule has 8 heteroatoms. The van der Waals surface area contributed by atoms with E-state index in [1.165, 1.54) is 28.2 Å². The van der Waals surface area contributed by atoms with Gasteiger partial charge in [-0.15, -0.1) is 0 Å². The summed E-state index contributed by atoms with van der Waals surface area (Å²) in [7, 11) is 0. The highest BCUT2D eigenvalue weighted by molar-refractivity contribution is 6.06. The van der Waals surface area contributed by atoms with Gasteiger partial charge in [0.1, 0.15) is 17.2 Å².